The van der Waals surface area contributed by atoms with E-state index in [0.717, 1.165) is 11.1 Å². The minimum atomic E-state index is -4.00. The molecule has 0 atom stereocenters. The van der Waals surface area contributed by atoms with Gasteiger partial charge in [0.25, 0.3) is 0 Å². The lowest BCUT2D eigenvalue weighted by atomic mass is 10.1. The first kappa shape index (κ1) is 17.9. The average molecular weight is 358 g/mol. The summed E-state index contributed by atoms with van der Waals surface area (Å²) in [4.78, 5) is -0.465. The molecule has 2 rings (SSSR count). The SMILES string of the molecule is CCOCc1ccccc1CNS(=O)(=O)c1cccc(Cl)c1F. The van der Waals surface area contributed by atoms with Crippen LogP contribution in [0.15, 0.2) is 47.4 Å². The predicted molar refractivity (Wildman–Crippen MR) is 87.2 cm³/mol. The van der Waals surface area contributed by atoms with Gasteiger partial charge in [0.05, 0.1) is 11.6 Å². The van der Waals surface area contributed by atoms with Crippen LogP contribution in [0.25, 0.3) is 0 Å². The zero-order chi connectivity index (χ0) is 16.9. The second-order valence-electron chi connectivity index (χ2n) is 4.78. The number of hydrogen-bond acceptors (Lipinski definition) is 3. The molecule has 4 nitrogen and oxygen atoms in total. The maximum Gasteiger partial charge on any atom is 0.243 e. The van der Waals surface area contributed by atoms with Gasteiger partial charge in [0.15, 0.2) is 5.82 Å². The fourth-order valence-electron chi connectivity index (χ4n) is 2.02. The lowest BCUT2D eigenvalue weighted by molar-refractivity contribution is 0.133. The number of halogens is 2. The van der Waals surface area contributed by atoms with Gasteiger partial charge in [-0.25, -0.2) is 17.5 Å². The second kappa shape index (κ2) is 7.88. The van der Waals surface area contributed by atoms with Crippen molar-refractivity contribution in [1.82, 2.24) is 4.72 Å². The highest BCUT2D eigenvalue weighted by molar-refractivity contribution is 7.89. The summed E-state index contributed by atoms with van der Waals surface area (Å²) < 4.78 is 46.2. The molecule has 7 heteroatoms. The number of rotatable bonds is 7. The third-order valence-corrected chi connectivity index (χ3v) is 4.95. The summed E-state index contributed by atoms with van der Waals surface area (Å²) in [6.45, 7) is 2.87. The summed E-state index contributed by atoms with van der Waals surface area (Å²) in [5.41, 5.74) is 1.65. The first-order valence-electron chi connectivity index (χ1n) is 7.04. The van der Waals surface area contributed by atoms with Gasteiger partial charge in [-0.15, -0.1) is 0 Å². The van der Waals surface area contributed by atoms with Crippen molar-refractivity contribution in [2.45, 2.75) is 25.0 Å². The van der Waals surface area contributed by atoms with Gasteiger partial charge in [-0.3, -0.25) is 0 Å². The molecule has 0 radical (unpaired) electrons. The Morgan fingerprint density at radius 1 is 1.13 bits per heavy atom. The van der Waals surface area contributed by atoms with E-state index in [1.807, 2.05) is 19.1 Å². The Bertz CT molecular complexity index is 781. The van der Waals surface area contributed by atoms with E-state index in [1.54, 1.807) is 12.1 Å². The van der Waals surface area contributed by atoms with E-state index in [4.69, 9.17) is 16.3 Å². The molecule has 0 amide bonds. The van der Waals surface area contributed by atoms with Crippen LogP contribution in [0, 0.1) is 5.82 Å². The topological polar surface area (TPSA) is 55.4 Å². The minimum absolute atomic E-state index is 0.0392. The van der Waals surface area contributed by atoms with Gasteiger partial charge in [0.2, 0.25) is 10.0 Å². The lowest BCUT2D eigenvalue weighted by Crippen LogP contribution is -2.25. The van der Waals surface area contributed by atoms with Gasteiger partial charge in [-0.1, -0.05) is 41.9 Å². The molecule has 0 unspecified atom stereocenters. The summed E-state index contributed by atoms with van der Waals surface area (Å²) in [5, 5.41) is -0.232. The third kappa shape index (κ3) is 4.51. The lowest BCUT2D eigenvalue weighted by Gasteiger charge is -2.12. The van der Waals surface area contributed by atoms with Crippen molar-refractivity contribution in [1.29, 1.82) is 0 Å². The van der Waals surface area contributed by atoms with Gasteiger partial charge in [0.1, 0.15) is 4.90 Å². The van der Waals surface area contributed by atoms with Crippen LogP contribution in [0.4, 0.5) is 4.39 Å². The Morgan fingerprint density at radius 3 is 2.52 bits per heavy atom. The zero-order valence-corrected chi connectivity index (χ0v) is 14.1. The van der Waals surface area contributed by atoms with E-state index in [0.29, 0.717) is 13.2 Å². The molecule has 0 heterocycles. The number of nitrogens with one attached hydrogen (secondary N) is 1. The highest BCUT2D eigenvalue weighted by atomic mass is 35.5. The van der Waals surface area contributed by atoms with Gasteiger partial charge < -0.3 is 4.74 Å². The van der Waals surface area contributed by atoms with E-state index in [2.05, 4.69) is 4.72 Å². The Labute approximate surface area is 140 Å². The summed E-state index contributed by atoms with van der Waals surface area (Å²) in [5.74, 6) is -0.954. The van der Waals surface area contributed by atoms with E-state index >= 15 is 0 Å². The molecule has 0 bridgehead atoms. The van der Waals surface area contributed by atoms with E-state index in [9.17, 15) is 12.8 Å². The molecule has 1 N–H and O–H groups in total. The largest absolute Gasteiger partial charge is 0.377 e. The normalized spacial score (nSPS) is 11.6. The minimum Gasteiger partial charge on any atom is -0.377 e. The average Bonchev–Trinajstić information content (AvgIpc) is 2.54. The molecule has 2 aromatic carbocycles. The number of benzene rings is 2. The van der Waals surface area contributed by atoms with Crippen molar-refractivity contribution in [3.63, 3.8) is 0 Å². The van der Waals surface area contributed by atoms with Crippen molar-refractivity contribution < 1.29 is 17.5 Å². The van der Waals surface area contributed by atoms with Crippen LogP contribution in [-0.4, -0.2) is 15.0 Å². The molecular formula is C16H17ClFNO3S. The van der Waals surface area contributed by atoms with Crippen molar-refractivity contribution in [2.75, 3.05) is 6.61 Å². The van der Waals surface area contributed by atoms with Gasteiger partial charge in [-0.05, 0) is 30.2 Å². The number of sulfonamides is 1. The molecule has 23 heavy (non-hydrogen) atoms. The van der Waals surface area contributed by atoms with Crippen molar-refractivity contribution >= 4 is 21.6 Å². The molecule has 0 saturated carbocycles. The van der Waals surface area contributed by atoms with Crippen LogP contribution in [0.1, 0.15) is 18.1 Å². The maximum absolute atomic E-state index is 13.9. The van der Waals surface area contributed by atoms with Crippen LogP contribution in [0.2, 0.25) is 5.02 Å². The summed E-state index contributed by atoms with van der Waals surface area (Å²) in [6, 6.07) is 11.2. The molecule has 0 aromatic heterocycles. The monoisotopic (exact) mass is 357 g/mol. The first-order chi connectivity index (χ1) is 11.0. The molecule has 0 fully saturated rings. The van der Waals surface area contributed by atoms with Crippen LogP contribution in [0.5, 0.6) is 0 Å². The van der Waals surface area contributed by atoms with Crippen molar-refractivity contribution in [3.05, 3.63) is 64.4 Å². The van der Waals surface area contributed by atoms with Gasteiger partial charge in [-0.2, -0.15) is 0 Å². The maximum atomic E-state index is 13.9. The van der Waals surface area contributed by atoms with Gasteiger partial charge in [0, 0.05) is 13.2 Å². The van der Waals surface area contributed by atoms with Crippen LogP contribution in [-0.2, 0) is 27.9 Å². The molecule has 0 saturated heterocycles. The Balaban J connectivity index is 2.18. The Hall–Kier alpha value is -1.47. The van der Waals surface area contributed by atoms with Crippen LogP contribution in [0.3, 0.4) is 0 Å². The molecule has 0 spiro atoms. The van der Waals surface area contributed by atoms with Crippen molar-refractivity contribution in [3.8, 4) is 0 Å². The highest BCUT2D eigenvalue weighted by Gasteiger charge is 2.20. The zero-order valence-electron chi connectivity index (χ0n) is 12.6. The first-order valence-corrected chi connectivity index (χ1v) is 8.90. The number of hydrogen-bond donors (Lipinski definition) is 1. The van der Waals surface area contributed by atoms with Crippen LogP contribution >= 0.6 is 11.6 Å². The van der Waals surface area contributed by atoms with Crippen molar-refractivity contribution in [2.24, 2.45) is 0 Å². The smallest absolute Gasteiger partial charge is 0.243 e. The third-order valence-electron chi connectivity index (χ3n) is 3.24. The molecule has 0 aliphatic rings. The Morgan fingerprint density at radius 2 is 1.83 bits per heavy atom. The molecule has 0 aliphatic heterocycles. The van der Waals surface area contributed by atoms with Gasteiger partial charge >= 0.3 is 0 Å². The van der Waals surface area contributed by atoms with E-state index in [-0.39, 0.29) is 11.6 Å². The molecule has 2 aromatic rings. The fourth-order valence-corrected chi connectivity index (χ4v) is 3.36. The second-order valence-corrected chi connectivity index (χ2v) is 6.92. The summed E-state index contributed by atoms with van der Waals surface area (Å²) in [7, 11) is -4.00. The number of ether oxygens (including phenoxy) is 1. The molecular weight excluding hydrogens is 341 g/mol. The molecule has 124 valence electrons. The summed E-state index contributed by atoms with van der Waals surface area (Å²) in [6.07, 6.45) is 0. The predicted octanol–water partition coefficient (Wildman–Crippen LogP) is 3.49. The Kier molecular flexibility index (Phi) is 6.12. The van der Waals surface area contributed by atoms with E-state index in [1.165, 1.54) is 18.2 Å². The standard InChI is InChI=1S/C16H17ClFNO3S/c1-2-22-11-13-7-4-3-6-12(13)10-19-23(20,21)15-9-5-8-14(17)16(15)18/h3-9,19H,2,10-11H2,1H3. The van der Waals surface area contributed by atoms with Crippen LogP contribution < -0.4 is 4.72 Å². The summed E-state index contributed by atoms with van der Waals surface area (Å²) >= 11 is 5.64. The highest BCUT2D eigenvalue weighted by Crippen LogP contribution is 2.22. The van der Waals surface area contributed by atoms with E-state index < -0.39 is 20.7 Å². The quantitative estimate of drug-likeness (QED) is 0.825. The molecule has 0 aliphatic carbocycles. The fraction of sp³-hybridized carbons (Fsp3) is 0.250.